The number of hydrogen-bond donors (Lipinski definition) is 2. The van der Waals surface area contributed by atoms with E-state index in [4.69, 9.17) is 0 Å². The van der Waals surface area contributed by atoms with Crippen LogP contribution in [0.4, 0.5) is 4.39 Å². The Morgan fingerprint density at radius 3 is 2.52 bits per heavy atom. The van der Waals surface area contributed by atoms with Crippen molar-refractivity contribution < 1.29 is 19.4 Å². The van der Waals surface area contributed by atoms with E-state index in [1.54, 1.807) is 17.0 Å². The van der Waals surface area contributed by atoms with E-state index in [1.165, 1.54) is 26.0 Å². The Balaban J connectivity index is 1.97. The molecule has 0 saturated carbocycles. The van der Waals surface area contributed by atoms with Crippen LogP contribution in [0.2, 0.25) is 0 Å². The lowest BCUT2D eigenvalue weighted by Crippen LogP contribution is -2.52. The van der Waals surface area contributed by atoms with E-state index < -0.39 is 11.2 Å². The molecule has 4 nitrogen and oxygen atoms in total. The number of rotatable bonds is 3. The second kappa shape index (κ2) is 5.73. The van der Waals surface area contributed by atoms with Crippen molar-refractivity contribution in [2.24, 2.45) is 0 Å². The highest BCUT2D eigenvalue weighted by molar-refractivity contribution is 5.84. The van der Waals surface area contributed by atoms with Gasteiger partial charge in [-0.05, 0) is 44.4 Å². The fourth-order valence-electron chi connectivity index (χ4n) is 2.72. The zero-order valence-corrected chi connectivity index (χ0v) is 12.5. The Labute approximate surface area is 124 Å². The maximum absolute atomic E-state index is 13.2. The maximum Gasteiger partial charge on any atom is 0.253 e. The molecule has 0 spiro atoms. The number of aliphatic hydroxyl groups is 2. The first-order chi connectivity index (χ1) is 9.70. The highest BCUT2D eigenvalue weighted by Gasteiger charge is 2.37. The number of halogens is 1. The SMILES string of the molecule is CC(C)(O)C(=O)N1CCC(O)(Cc2cccc(F)c2)CC1. The second-order valence-electron chi connectivity index (χ2n) is 6.38. The number of amides is 1. The fourth-order valence-corrected chi connectivity index (χ4v) is 2.72. The van der Waals surface area contributed by atoms with Crippen LogP contribution >= 0.6 is 0 Å². The number of piperidine rings is 1. The molecule has 1 aromatic rings. The summed E-state index contributed by atoms with van der Waals surface area (Å²) < 4.78 is 13.2. The van der Waals surface area contributed by atoms with Gasteiger partial charge >= 0.3 is 0 Å². The normalized spacial score (nSPS) is 18.6. The van der Waals surface area contributed by atoms with Crippen LogP contribution in [-0.2, 0) is 11.2 Å². The number of carbonyl (C=O) groups is 1. The molecule has 0 unspecified atom stereocenters. The number of carbonyl (C=O) groups excluding carboxylic acids is 1. The van der Waals surface area contributed by atoms with Crippen molar-refractivity contribution in [3.8, 4) is 0 Å². The molecular weight excluding hydrogens is 273 g/mol. The summed E-state index contributed by atoms with van der Waals surface area (Å²) in [6, 6.07) is 6.21. The minimum absolute atomic E-state index is 0.314. The van der Waals surface area contributed by atoms with Crippen LogP contribution in [-0.4, -0.2) is 45.3 Å². The molecule has 1 aliphatic heterocycles. The summed E-state index contributed by atoms with van der Waals surface area (Å²) in [6.07, 6.45) is 1.21. The van der Waals surface area contributed by atoms with Crippen molar-refractivity contribution in [3.63, 3.8) is 0 Å². The van der Waals surface area contributed by atoms with Crippen LogP contribution in [0.15, 0.2) is 24.3 Å². The quantitative estimate of drug-likeness (QED) is 0.888. The van der Waals surface area contributed by atoms with Crippen molar-refractivity contribution >= 4 is 5.91 Å². The van der Waals surface area contributed by atoms with E-state index in [0.29, 0.717) is 32.4 Å². The van der Waals surface area contributed by atoms with Crippen LogP contribution in [0.5, 0.6) is 0 Å². The third kappa shape index (κ3) is 4.02. The van der Waals surface area contributed by atoms with Gasteiger partial charge in [-0.25, -0.2) is 4.39 Å². The zero-order valence-electron chi connectivity index (χ0n) is 12.5. The topological polar surface area (TPSA) is 60.8 Å². The highest BCUT2D eigenvalue weighted by atomic mass is 19.1. The van der Waals surface area contributed by atoms with Crippen molar-refractivity contribution in [1.82, 2.24) is 4.90 Å². The Kier molecular flexibility index (Phi) is 4.35. The lowest BCUT2D eigenvalue weighted by Gasteiger charge is -2.40. The van der Waals surface area contributed by atoms with Crippen molar-refractivity contribution in [1.29, 1.82) is 0 Å². The molecule has 1 amide bonds. The van der Waals surface area contributed by atoms with Crippen molar-refractivity contribution in [2.45, 2.75) is 44.3 Å². The smallest absolute Gasteiger partial charge is 0.253 e. The number of likely N-dealkylation sites (tertiary alicyclic amines) is 1. The van der Waals surface area contributed by atoms with E-state index in [-0.39, 0.29) is 11.7 Å². The molecule has 0 aliphatic carbocycles. The minimum Gasteiger partial charge on any atom is -0.389 e. The predicted molar refractivity (Wildman–Crippen MR) is 77.2 cm³/mol. The van der Waals surface area contributed by atoms with Gasteiger partial charge in [0, 0.05) is 19.5 Å². The van der Waals surface area contributed by atoms with E-state index in [0.717, 1.165) is 5.56 Å². The second-order valence-corrected chi connectivity index (χ2v) is 6.38. The average Bonchev–Trinajstić information content (AvgIpc) is 2.37. The molecule has 1 aromatic carbocycles. The van der Waals surface area contributed by atoms with Crippen LogP contribution in [0.25, 0.3) is 0 Å². The van der Waals surface area contributed by atoms with Gasteiger partial charge < -0.3 is 15.1 Å². The molecule has 0 radical (unpaired) electrons. The van der Waals surface area contributed by atoms with Gasteiger partial charge in [-0.15, -0.1) is 0 Å². The van der Waals surface area contributed by atoms with Crippen LogP contribution in [0, 0.1) is 5.82 Å². The summed E-state index contributed by atoms with van der Waals surface area (Å²) in [5, 5.41) is 20.3. The van der Waals surface area contributed by atoms with Gasteiger partial charge in [-0.2, -0.15) is 0 Å². The summed E-state index contributed by atoms with van der Waals surface area (Å²) in [5.41, 5.74) is -1.57. The third-order valence-electron chi connectivity index (χ3n) is 3.93. The lowest BCUT2D eigenvalue weighted by molar-refractivity contribution is -0.151. The van der Waals surface area contributed by atoms with E-state index >= 15 is 0 Å². The first-order valence-electron chi connectivity index (χ1n) is 7.18. The Bertz CT molecular complexity index is 516. The summed E-state index contributed by atoms with van der Waals surface area (Å²) in [6.45, 7) is 3.72. The molecule has 1 saturated heterocycles. The van der Waals surface area contributed by atoms with E-state index in [1.807, 2.05) is 0 Å². The molecule has 116 valence electrons. The Hall–Kier alpha value is -1.46. The largest absolute Gasteiger partial charge is 0.389 e. The van der Waals surface area contributed by atoms with Crippen molar-refractivity contribution in [2.75, 3.05) is 13.1 Å². The van der Waals surface area contributed by atoms with Gasteiger partial charge in [0.2, 0.25) is 0 Å². The number of nitrogens with zero attached hydrogens (tertiary/aromatic N) is 1. The summed E-state index contributed by atoms with van der Waals surface area (Å²) in [5.74, 6) is -0.638. The monoisotopic (exact) mass is 295 g/mol. The van der Waals surface area contributed by atoms with E-state index in [9.17, 15) is 19.4 Å². The van der Waals surface area contributed by atoms with Crippen molar-refractivity contribution in [3.05, 3.63) is 35.6 Å². The fraction of sp³-hybridized carbons (Fsp3) is 0.562. The molecular formula is C16H22FNO3. The molecule has 1 fully saturated rings. The van der Waals surface area contributed by atoms with Gasteiger partial charge in [0.05, 0.1) is 5.60 Å². The van der Waals surface area contributed by atoms with Gasteiger partial charge in [0.15, 0.2) is 0 Å². The number of benzene rings is 1. The molecule has 0 bridgehead atoms. The first kappa shape index (κ1) is 15.9. The van der Waals surface area contributed by atoms with Crippen LogP contribution in [0.3, 0.4) is 0 Å². The standard InChI is InChI=1S/C16H22FNO3/c1-15(2,20)14(19)18-8-6-16(21,7-9-18)11-12-4-3-5-13(17)10-12/h3-5,10,20-21H,6-9,11H2,1-2H3. The van der Waals surface area contributed by atoms with Crippen LogP contribution in [0.1, 0.15) is 32.3 Å². The zero-order chi connectivity index (χ0) is 15.7. The van der Waals surface area contributed by atoms with Gasteiger partial charge in [0.25, 0.3) is 5.91 Å². The Morgan fingerprint density at radius 1 is 1.38 bits per heavy atom. The molecule has 0 aromatic heterocycles. The maximum atomic E-state index is 13.2. The van der Waals surface area contributed by atoms with Crippen LogP contribution < -0.4 is 0 Å². The third-order valence-corrected chi connectivity index (χ3v) is 3.93. The van der Waals surface area contributed by atoms with E-state index in [2.05, 4.69) is 0 Å². The van der Waals surface area contributed by atoms with Gasteiger partial charge in [-0.3, -0.25) is 4.79 Å². The predicted octanol–water partition coefficient (Wildman–Crippen LogP) is 1.49. The molecule has 5 heteroatoms. The number of hydrogen-bond acceptors (Lipinski definition) is 3. The summed E-state index contributed by atoms with van der Waals surface area (Å²) >= 11 is 0. The summed E-state index contributed by atoms with van der Waals surface area (Å²) in [4.78, 5) is 13.5. The molecule has 2 rings (SSSR count). The first-order valence-corrected chi connectivity index (χ1v) is 7.18. The Morgan fingerprint density at radius 2 is 2.00 bits per heavy atom. The average molecular weight is 295 g/mol. The van der Waals surface area contributed by atoms with Gasteiger partial charge in [0.1, 0.15) is 11.4 Å². The summed E-state index contributed by atoms with van der Waals surface area (Å²) in [7, 11) is 0. The highest BCUT2D eigenvalue weighted by Crippen LogP contribution is 2.27. The molecule has 21 heavy (non-hydrogen) atoms. The van der Waals surface area contributed by atoms with Gasteiger partial charge in [-0.1, -0.05) is 12.1 Å². The molecule has 2 N–H and O–H groups in total. The lowest BCUT2D eigenvalue weighted by atomic mass is 9.85. The minimum atomic E-state index is -1.39. The molecule has 1 heterocycles. The molecule has 1 aliphatic rings. The molecule has 0 atom stereocenters.